The average Bonchev–Trinajstić information content (AvgIpc) is 2.53. The average molecular weight is 201 g/mol. The first kappa shape index (κ1) is 9.81. The molecule has 0 radical (unpaired) electrons. The van der Waals surface area contributed by atoms with Crippen LogP contribution >= 0.6 is 11.8 Å². The summed E-state index contributed by atoms with van der Waals surface area (Å²) in [4.78, 5) is 2.62. The van der Waals surface area contributed by atoms with Crippen LogP contribution in [0.25, 0.3) is 0 Å². The van der Waals surface area contributed by atoms with Crippen LogP contribution in [0, 0.1) is 0 Å². The minimum atomic E-state index is 0.425. The molecule has 2 fully saturated rings. The Morgan fingerprint density at radius 2 is 1.92 bits per heavy atom. The lowest BCUT2D eigenvalue weighted by atomic mass is 10.1. The Kier molecular flexibility index (Phi) is 3.17. The minimum absolute atomic E-state index is 0.425. The van der Waals surface area contributed by atoms with Crippen molar-refractivity contribution in [3.63, 3.8) is 0 Å². The number of hydrogen-bond acceptors (Lipinski definition) is 3. The van der Waals surface area contributed by atoms with Gasteiger partial charge in [-0.1, -0.05) is 0 Å². The van der Waals surface area contributed by atoms with Crippen LogP contribution in [-0.4, -0.2) is 47.7 Å². The fraction of sp³-hybridized carbons (Fsp3) is 1.00. The Labute approximate surface area is 85.0 Å². The fourth-order valence-corrected chi connectivity index (χ4v) is 3.58. The third kappa shape index (κ3) is 2.39. The summed E-state index contributed by atoms with van der Waals surface area (Å²) < 4.78 is 5.73. The highest BCUT2D eigenvalue weighted by Gasteiger charge is 2.29. The molecule has 0 amide bonds. The van der Waals surface area contributed by atoms with Crippen molar-refractivity contribution in [1.29, 1.82) is 0 Å². The van der Waals surface area contributed by atoms with Gasteiger partial charge in [0.05, 0.1) is 12.2 Å². The molecule has 0 N–H and O–H groups in total. The van der Waals surface area contributed by atoms with E-state index in [1.165, 1.54) is 17.9 Å². The lowest BCUT2D eigenvalue weighted by Crippen LogP contribution is -2.50. The minimum Gasteiger partial charge on any atom is -0.373 e. The third-order valence-electron chi connectivity index (χ3n) is 2.87. The molecule has 2 aliphatic rings. The number of hydrogen-bond donors (Lipinski definition) is 0. The summed E-state index contributed by atoms with van der Waals surface area (Å²) in [7, 11) is 0. The Hall–Kier alpha value is 0.270. The van der Waals surface area contributed by atoms with Crippen molar-refractivity contribution in [3.05, 3.63) is 0 Å². The summed E-state index contributed by atoms with van der Waals surface area (Å²) in [5.41, 5.74) is 0. The van der Waals surface area contributed by atoms with Gasteiger partial charge in [0.15, 0.2) is 0 Å². The van der Waals surface area contributed by atoms with E-state index in [0.717, 1.165) is 19.1 Å². The van der Waals surface area contributed by atoms with Gasteiger partial charge in [-0.05, 0) is 26.0 Å². The van der Waals surface area contributed by atoms with Crippen molar-refractivity contribution in [1.82, 2.24) is 4.90 Å². The Balaban J connectivity index is 1.90. The standard InChI is InChI=1S/C10H19NOS/c1-8-5-11(6-9(2)12-8)10-3-4-13-7-10/h8-10H,3-7H2,1-2H3. The zero-order chi connectivity index (χ0) is 9.26. The molecule has 3 unspecified atom stereocenters. The van der Waals surface area contributed by atoms with Crippen LogP contribution in [0.2, 0.25) is 0 Å². The molecule has 0 aromatic heterocycles. The Bertz CT molecular complexity index is 160. The summed E-state index contributed by atoms with van der Waals surface area (Å²) in [6, 6.07) is 0.832. The second-order valence-corrected chi connectivity index (χ2v) is 5.38. The molecule has 13 heavy (non-hydrogen) atoms. The molecule has 76 valence electrons. The molecule has 3 heteroatoms. The van der Waals surface area contributed by atoms with Gasteiger partial charge in [-0.3, -0.25) is 4.90 Å². The first-order valence-corrected chi connectivity index (χ1v) is 6.38. The van der Waals surface area contributed by atoms with Crippen LogP contribution < -0.4 is 0 Å². The SMILES string of the molecule is CC1CN(C2CCSC2)CC(C)O1. The van der Waals surface area contributed by atoms with Crippen molar-refractivity contribution in [2.24, 2.45) is 0 Å². The molecule has 0 bridgehead atoms. The van der Waals surface area contributed by atoms with E-state index in [0.29, 0.717) is 12.2 Å². The van der Waals surface area contributed by atoms with Gasteiger partial charge in [0.25, 0.3) is 0 Å². The number of ether oxygens (including phenoxy) is 1. The molecule has 0 aromatic carbocycles. The van der Waals surface area contributed by atoms with E-state index in [1.807, 2.05) is 0 Å². The highest BCUT2D eigenvalue weighted by atomic mass is 32.2. The molecule has 0 aliphatic carbocycles. The van der Waals surface area contributed by atoms with Gasteiger partial charge in [-0.2, -0.15) is 11.8 Å². The van der Waals surface area contributed by atoms with E-state index in [4.69, 9.17) is 4.74 Å². The summed E-state index contributed by atoms with van der Waals surface area (Å²) in [5.74, 6) is 2.68. The second kappa shape index (κ2) is 4.20. The van der Waals surface area contributed by atoms with Gasteiger partial charge in [0, 0.05) is 24.9 Å². The van der Waals surface area contributed by atoms with Gasteiger partial charge in [-0.25, -0.2) is 0 Å². The lowest BCUT2D eigenvalue weighted by Gasteiger charge is -2.38. The zero-order valence-corrected chi connectivity index (χ0v) is 9.35. The molecular weight excluding hydrogens is 182 g/mol. The van der Waals surface area contributed by atoms with E-state index in [-0.39, 0.29) is 0 Å². The van der Waals surface area contributed by atoms with Gasteiger partial charge < -0.3 is 4.74 Å². The normalized spacial score (nSPS) is 42.5. The van der Waals surface area contributed by atoms with E-state index in [2.05, 4.69) is 30.5 Å². The summed E-state index contributed by atoms with van der Waals surface area (Å²) >= 11 is 2.10. The highest BCUT2D eigenvalue weighted by molar-refractivity contribution is 7.99. The smallest absolute Gasteiger partial charge is 0.0678 e. The first-order valence-electron chi connectivity index (χ1n) is 5.23. The summed E-state index contributed by atoms with van der Waals surface area (Å²) in [6.45, 7) is 6.64. The largest absolute Gasteiger partial charge is 0.373 e. The molecule has 2 heterocycles. The van der Waals surface area contributed by atoms with Crippen molar-refractivity contribution in [2.75, 3.05) is 24.6 Å². The number of nitrogens with zero attached hydrogens (tertiary/aromatic N) is 1. The number of morpholine rings is 1. The molecule has 0 aromatic rings. The molecule has 2 aliphatic heterocycles. The predicted octanol–water partition coefficient (Wildman–Crippen LogP) is 1.60. The van der Waals surface area contributed by atoms with Gasteiger partial charge in [0.2, 0.25) is 0 Å². The van der Waals surface area contributed by atoms with Crippen LogP contribution in [0.5, 0.6) is 0 Å². The first-order chi connectivity index (χ1) is 6.25. The number of rotatable bonds is 1. The maximum absolute atomic E-state index is 5.73. The summed E-state index contributed by atoms with van der Waals surface area (Å²) in [5, 5.41) is 0. The zero-order valence-electron chi connectivity index (χ0n) is 8.53. The molecule has 3 atom stereocenters. The van der Waals surface area contributed by atoms with E-state index >= 15 is 0 Å². The summed E-state index contributed by atoms with van der Waals surface area (Å²) in [6.07, 6.45) is 2.23. The second-order valence-electron chi connectivity index (χ2n) is 4.23. The van der Waals surface area contributed by atoms with Gasteiger partial charge in [0.1, 0.15) is 0 Å². The van der Waals surface area contributed by atoms with E-state index in [9.17, 15) is 0 Å². The maximum atomic E-state index is 5.73. The topological polar surface area (TPSA) is 12.5 Å². The fourth-order valence-electron chi connectivity index (χ4n) is 2.33. The molecular formula is C10H19NOS. The molecule has 2 saturated heterocycles. The highest BCUT2D eigenvalue weighted by Crippen LogP contribution is 2.25. The quantitative estimate of drug-likeness (QED) is 0.639. The molecule has 0 spiro atoms. The van der Waals surface area contributed by atoms with Crippen LogP contribution in [-0.2, 0) is 4.74 Å². The predicted molar refractivity (Wildman–Crippen MR) is 57.3 cm³/mol. The maximum Gasteiger partial charge on any atom is 0.0678 e. The van der Waals surface area contributed by atoms with Gasteiger partial charge in [-0.15, -0.1) is 0 Å². The van der Waals surface area contributed by atoms with Crippen molar-refractivity contribution >= 4 is 11.8 Å². The van der Waals surface area contributed by atoms with E-state index < -0.39 is 0 Å². The van der Waals surface area contributed by atoms with Crippen molar-refractivity contribution < 1.29 is 4.74 Å². The monoisotopic (exact) mass is 201 g/mol. The van der Waals surface area contributed by atoms with Crippen LogP contribution in [0.4, 0.5) is 0 Å². The van der Waals surface area contributed by atoms with E-state index in [1.54, 1.807) is 0 Å². The van der Waals surface area contributed by atoms with Crippen LogP contribution in [0.15, 0.2) is 0 Å². The Morgan fingerprint density at radius 1 is 1.23 bits per heavy atom. The van der Waals surface area contributed by atoms with Gasteiger partial charge >= 0.3 is 0 Å². The Morgan fingerprint density at radius 3 is 2.46 bits per heavy atom. The molecule has 0 saturated carbocycles. The lowest BCUT2D eigenvalue weighted by molar-refractivity contribution is -0.0774. The van der Waals surface area contributed by atoms with Crippen LogP contribution in [0.3, 0.4) is 0 Å². The van der Waals surface area contributed by atoms with Crippen molar-refractivity contribution in [3.8, 4) is 0 Å². The van der Waals surface area contributed by atoms with Crippen LogP contribution in [0.1, 0.15) is 20.3 Å². The molecule has 2 rings (SSSR count). The molecule has 2 nitrogen and oxygen atoms in total. The number of thioether (sulfide) groups is 1. The third-order valence-corrected chi connectivity index (χ3v) is 4.01. The van der Waals surface area contributed by atoms with Crippen molar-refractivity contribution in [2.45, 2.75) is 38.5 Å².